The summed E-state index contributed by atoms with van der Waals surface area (Å²) in [4.78, 5) is 11.1. The van der Waals surface area contributed by atoms with Crippen molar-refractivity contribution in [1.29, 1.82) is 0 Å². The lowest BCUT2D eigenvalue weighted by molar-refractivity contribution is -0.151. The second kappa shape index (κ2) is 5.76. The van der Waals surface area contributed by atoms with Crippen LogP contribution in [0.2, 0.25) is 0 Å². The van der Waals surface area contributed by atoms with Crippen LogP contribution in [0.4, 0.5) is 0 Å². The lowest BCUT2D eigenvalue weighted by atomic mass is 10.2. The highest BCUT2D eigenvalue weighted by atomic mass is 32.2. The lowest BCUT2D eigenvalue weighted by Gasteiger charge is -2.29. The van der Waals surface area contributed by atoms with Crippen LogP contribution in [0.5, 0.6) is 0 Å². The predicted molar refractivity (Wildman–Crippen MR) is 72.7 cm³/mol. The van der Waals surface area contributed by atoms with Crippen molar-refractivity contribution in [2.24, 2.45) is 0 Å². The topological polar surface area (TPSA) is 69.7 Å². The van der Waals surface area contributed by atoms with Gasteiger partial charge in [-0.3, -0.25) is 4.79 Å². The Morgan fingerprint density at radius 1 is 1.20 bits per heavy atom. The Morgan fingerprint density at radius 3 is 2.40 bits per heavy atom. The molecule has 1 heterocycles. The van der Waals surface area contributed by atoms with Gasteiger partial charge < -0.3 is 9.47 Å². The molecule has 1 aromatic carbocycles. The van der Waals surface area contributed by atoms with Gasteiger partial charge >= 0.3 is 5.97 Å². The molecule has 5 nitrogen and oxygen atoms in total. The van der Waals surface area contributed by atoms with E-state index in [9.17, 15) is 13.2 Å². The number of sulfone groups is 1. The lowest BCUT2D eigenvalue weighted by Crippen LogP contribution is -2.39. The largest absolute Gasteiger partial charge is 0.456 e. The Morgan fingerprint density at radius 2 is 1.85 bits per heavy atom. The summed E-state index contributed by atoms with van der Waals surface area (Å²) in [6, 6.07) is 8.11. The van der Waals surface area contributed by atoms with Crippen molar-refractivity contribution in [2.45, 2.75) is 36.4 Å². The van der Waals surface area contributed by atoms with Gasteiger partial charge in [0.05, 0.1) is 11.0 Å². The van der Waals surface area contributed by atoms with Gasteiger partial charge in [0.2, 0.25) is 9.84 Å². The molecule has 0 aromatic heterocycles. The molecule has 0 saturated carbocycles. The highest BCUT2D eigenvalue weighted by molar-refractivity contribution is 7.92. The van der Waals surface area contributed by atoms with E-state index in [0.717, 1.165) is 0 Å². The highest BCUT2D eigenvalue weighted by Gasteiger charge is 2.34. The Hall–Kier alpha value is -1.66. The molecule has 0 bridgehead atoms. The second-order valence-electron chi connectivity index (χ2n) is 4.53. The monoisotopic (exact) mass is 296 g/mol. The third-order valence-corrected chi connectivity index (χ3v) is 4.76. The van der Waals surface area contributed by atoms with Crippen LogP contribution in [0, 0.1) is 0 Å². The number of rotatable bonds is 3. The van der Waals surface area contributed by atoms with Gasteiger partial charge in [0.15, 0.2) is 5.44 Å². The maximum Gasteiger partial charge on any atom is 0.303 e. The van der Waals surface area contributed by atoms with Crippen molar-refractivity contribution in [3.05, 3.63) is 42.5 Å². The first-order valence-electron chi connectivity index (χ1n) is 6.21. The summed E-state index contributed by atoms with van der Waals surface area (Å²) in [7, 11) is -3.60. The van der Waals surface area contributed by atoms with E-state index < -0.39 is 33.5 Å². The van der Waals surface area contributed by atoms with Crippen LogP contribution in [0.15, 0.2) is 47.4 Å². The summed E-state index contributed by atoms with van der Waals surface area (Å²) in [6.07, 6.45) is 1.89. The number of hydrogen-bond acceptors (Lipinski definition) is 5. The molecule has 108 valence electrons. The predicted octanol–water partition coefficient (Wildman–Crippen LogP) is 1.69. The smallest absolute Gasteiger partial charge is 0.303 e. The fourth-order valence-electron chi connectivity index (χ4n) is 1.94. The summed E-state index contributed by atoms with van der Waals surface area (Å²) in [6.45, 7) is 2.97. The average molecular weight is 296 g/mol. The molecule has 0 amide bonds. The molecule has 0 aliphatic carbocycles. The quantitative estimate of drug-likeness (QED) is 0.627. The van der Waals surface area contributed by atoms with E-state index >= 15 is 0 Å². The summed E-state index contributed by atoms with van der Waals surface area (Å²) < 4.78 is 35.2. The van der Waals surface area contributed by atoms with Crippen molar-refractivity contribution in [3.8, 4) is 0 Å². The number of carbonyl (C=O) groups is 1. The Labute approximate surface area is 118 Å². The minimum Gasteiger partial charge on any atom is -0.456 e. The van der Waals surface area contributed by atoms with E-state index in [1.807, 2.05) is 0 Å². The zero-order chi connectivity index (χ0) is 14.8. The van der Waals surface area contributed by atoms with Gasteiger partial charge in [-0.25, -0.2) is 8.42 Å². The first-order chi connectivity index (χ1) is 9.41. The van der Waals surface area contributed by atoms with E-state index in [-0.39, 0.29) is 4.90 Å². The van der Waals surface area contributed by atoms with Crippen molar-refractivity contribution < 1.29 is 22.7 Å². The van der Waals surface area contributed by atoms with Gasteiger partial charge in [0.1, 0.15) is 6.10 Å². The first-order valence-corrected chi connectivity index (χ1v) is 7.76. The van der Waals surface area contributed by atoms with Crippen LogP contribution in [0.3, 0.4) is 0 Å². The van der Waals surface area contributed by atoms with E-state index in [1.165, 1.54) is 25.1 Å². The molecule has 3 atom stereocenters. The van der Waals surface area contributed by atoms with Gasteiger partial charge in [-0.2, -0.15) is 0 Å². The van der Waals surface area contributed by atoms with Crippen LogP contribution in [0.1, 0.15) is 13.8 Å². The van der Waals surface area contributed by atoms with E-state index in [4.69, 9.17) is 9.47 Å². The van der Waals surface area contributed by atoms with E-state index in [0.29, 0.717) is 0 Å². The first kappa shape index (κ1) is 14.7. The number of hydrogen-bond donors (Lipinski definition) is 0. The van der Waals surface area contributed by atoms with E-state index in [2.05, 4.69) is 0 Å². The number of carbonyl (C=O) groups excluding carboxylic acids is 1. The average Bonchev–Trinajstić information content (AvgIpc) is 2.41. The van der Waals surface area contributed by atoms with Gasteiger partial charge in [-0.05, 0) is 31.2 Å². The normalized spacial score (nSPS) is 26.2. The number of esters is 1. The summed E-state index contributed by atoms with van der Waals surface area (Å²) >= 11 is 0. The molecule has 0 N–H and O–H groups in total. The van der Waals surface area contributed by atoms with Crippen LogP contribution in [-0.4, -0.2) is 32.0 Å². The van der Waals surface area contributed by atoms with Crippen molar-refractivity contribution >= 4 is 15.8 Å². The summed E-state index contributed by atoms with van der Waals surface area (Å²) in [5, 5.41) is 0. The molecular formula is C14H16O5S. The minimum absolute atomic E-state index is 0.202. The molecule has 2 rings (SSSR count). The van der Waals surface area contributed by atoms with E-state index in [1.54, 1.807) is 31.2 Å². The second-order valence-corrected chi connectivity index (χ2v) is 6.55. The third kappa shape index (κ3) is 3.08. The SMILES string of the molecule is CC(=O)O[C@@H]1C=C[C@@H](S(=O)(=O)c2ccccc2)O[C@H]1C. The molecule has 1 aliphatic rings. The Bertz CT molecular complexity index is 606. The zero-order valence-electron chi connectivity index (χ0n) is 11.2. The van der Waals surface area contributed by atoms with Gasteiger partial charge in [-0.1, -0.05) is 18.2 Å². The number of ether oxygens (including phenoxy) is 2. The minimum atomic E-state index is -3.60. The Kier molecular flexibility index (Phi) is 4.25. The van der Waals surface area contributed by atoms with Crippen LogP contribution in [0.25, 0.3) is 0 Å². The van der Waals surface area contributed by atoms with Crippen LogP contribution < -0.4 is 0 Å². The summed E-state index contributed by atoms with van der Waals surface area (Å²) in [5.74, 6) is -0.431. The fourth-order valence-corrected chi connectivity index (χ4v) is 3.36. The van der Waals surface area contributed by atoms with Crippen LogP contribution in [-0.2, 0) is 24.1 Å². The summed E-state index contributed by atoms with van der Waals surface area (Å²) in [5.41, 5.74) is -1.06. The molecule has 0 fully saturated rings. The highest BCUT2D eigenvalue weighted by Crippen LogP contribution is 2.24. The molecule has 0 unspecified atom stereocenters. The molecule has 0 spiro atoms. The van der Waals surface area contributed by atoms with Gasteiger partial charge in [-0.15, -0.1) is 0 Å². The molecule has 1 aromatic rings. The van der Waals surface area contributed by atoms with Crippen molar-refractivity contribution in [1.82, 2.24) is 0 Å². The molecule has 1 aliphatic heterocycles. The van der Waals surface area contributed by atoms with Crippen molar-refractivity contribution in [2.75, 3.05) is 0 Å². The zero-order valence-corrected chi connectivity index (χ0v) is 12.0. The maximum atomic E-state index is 12.4. The standard InChI is InChI=1S/C14H16O5S/c1-10-13(19-11(2)15)8-9-14(18-10)20(16,17)12-6-4-3-5-7-12/h3-10,13-14H,1-2H3/t10-,13+,14+/m0/s1. The van der Waals surface area contributed by atoms with Crippen molar-refractivity contribution in [3.63, 3.8) is 0 Å². The Balaban J connectivity index is 2.22. The maximum absolute atomic E-state index is 12.4. The molecular weight excluding hydrogens is 280 g/mol. The van der Waals surface area contributed by atoms with Crippen LogP contribution >= 0.6 is 0 Å². The molecule has 6 heteroatoms. The molecule has 20 heavy (non-hydrogen) atoms. The number of benzene rings is 1. The fraction of sp³-hybridized carbons (Fsp3) is 0.357. The van der Waals surface area contributed by atoms with Gasteiger partial charge in [0, 0.05) is 6.92 Å². The molecule has 0 radical (unpaired) electrons. The third-order valence-electron chi connectivity index (χ3n) is 2.95. The van der Waals surface area contributed by atoms with Gasteiger partial charge in [0.25, 0.3) is 0 Å². The molecule has 0 saturated heterocycles.